The highest BCUT2D eigenvalue weighted by Gasteiger charge is 2.06. The van der Waals surface area contributed by atoms with Crippen molar-refractivity contribution in [2.45, 2.75) is 13.0 Å². The minimum atomic E-state index is -0.0231. The summed E-state index contributed by atoms with van der Waals surface area (Å²) in [5.41, 5.74) is 6.99. The molecule has 12 heavy (non-hydrogen) atoms. The van der Waals surface area contributed by atoms with Crippen molar-refractivity contribution in [2.24, 2.45) is 5.73 Å². The first-order valence-corrected chi connectivity index (χ1v) is 4.90. The van der Waals surface area contributed by atoms with Crippen molar-refractivity contribution < 1.29 is 0 Å². The molecule has 2 N–H and O–H groups in total. The van der Waals surface area contributed by atoms with Crippen molar-refractivity contribution in [3.63, 3.8) is 0 Å². The first kappa shape index (κ1) is 12.2. The van der Waals surface area contributed by atoms with Crippen molar-refractivity contribution in [3.8, 4) is 0 Å². The van der Waals surface area contributed by atoms with Gasteiger partial charge >= 0.3 is 0 Å². The van der Waals surface area contributed by atoms with Crippen LogP contribution in [0.25, 0.3) is 0 Å². The Morgan fingerprint density at radius 3 is 2.67 bits per heavy atom. The Labute approximate surface area is 91.2 Å². The number of nitrogens with two attached hydrogens (primary N) is 1. The van der Waals surface area contributed by atoms with Gasteiger partial charge in [0, 0.05) is 4.88 Å². The van der Waals surface area contributed by atoms with Crippen LogP contribution < -0.4 is 5.73 Å². The number of rotatable bonds is 2. The standard InChI is InChI=1S/C8H10BrNS.ClH/c1-3-6(10)7-4-5(2)8(9)11-7;/h3-4,6H,1,10H2,2H3;1H/t6-;/m0./s1. The normalized spacial score (nSPS) is 11.9. The summed E-state index contributed by atoms with van der Waals surface area (Å²) in [6.07, 6.45) is 1.75. The molecule has 0 aliphatic heterocycles. The topological polar surface area (TPSA) is 26.0 Å². The average molecular weight is 269 g/mol. The van der Waals surface area contributed by atoms with Gasteiger partial charge in [-0.2, -0.15) is 0 Å². The van der Waals surface area contributed by atoms with Gasteiger partial charge in [-0.3, -0.25) is 0 Å². The van der Waals surface area contributed by atoms with Gasteiger partial charge in [-0.1, -0.05) is 6.08 Å². The van der Waals surface area contributed by atoms with Crippen LogP contribution in [-0.2, 0) is 0 Å². The summed E-state index contributed by atoms with van der Waals surface area (Å²) < 4.78 is 1.16. The predicted octanol–water partition coefficient (Wildman–Crippen LogP) is 3.43. The van der Waals surface area contributed by atoms with Gasteiger partial charge in [0.15, 0.2) is 0 Å². The van der Waals surface area contributed by atoms with Gasteiger partial charge in [-0.25, -0.2) is 0 Å². The lowest BCUT2D eigenvalue weighted by molar-refractivity contribution is 0.939. The molecule has 1 heterocycles. The molecule has 4 heteroatoms. The van der Waals surface area contributed by atoms with Crippen molar-refractivity contribution >= 4 is 39.7 Å². The molecule has 1 aromatic heterocycles. The molecule has 1 nitrogen and oxygen atoms in total. The fourth-order valence-corrected chi connectivity index (χ4v) is 2.33. The zero-order valence-corrected chi connectivity index (χ0v) is 9.93. The van der Waals surface area contributed by atoms with Crippen LogP contribution in [0.3, 0.4) is 0 Å². The second-order valence-electron chi connectivity index (χ2n) is 2.37. The Morgan fingerprint density at radius 2 is 2.33 bits per heavy atom. The molecule has 0 saturated heterocycles. The summed E-state index contributed by atoms with van der Waals surface area (Å²) in [6, 6.07) is 2.06. The molecular weight excluding hydrogens is 258 g/mol. The van der Waals surface area contributed by atoms with E-state index in [2.05, 4.69) is 35.5 Å². The molecule has 0 radical (unpaired) electrons. The lowest BCUT2D eigenvalue weighted by Crippen LogP contribution is -2.03. The summed E-state index contributed by atoms with van der Waals surface area (Å²) in [5.74, 6) is 0. The third-order valence-electron chi connectivity index (χ3n) is 1.46. The zero-order valence-electron chi connectivity index (χ0n) is 6.71. The van der Waals surface area contributed by atoms with Gasteiger partial charge in [-0.05, 0) is 34.5 Å². The van der Waals surface area contributed by atoms with Gasteiger partial charge in [0.25, 0.3) is 0 Å². The Hall–Kier alpha value is 0.170. The van der Waals surface area contributed by atoms with Crippen LogP contribution in [0.4, 0.5) is 0 Å². The minimum Gasteiger partial charge on any atom is -0.320 e. The van der Waals surface area contributed by atoms with Gasteiger partial charge in [0.1, 0.15) is 0 Å². The van der Waals surface area contributed by atoms with Gasteiger partial charge in [-0.15, -0.1) is 30.3 Å². The van der Waals surface area contributed by atoms with E-state index in [4.69, 9.17) is 5.73 Å². The Kier molecular flexibility index (Phi) is 5.09. The number of aryl methyl sites for hydroxylation is 1. The van der Waals surface area contributed by atoms with E-state index in [0.29, 0.717) is 0 Å². The lowest BCUT2D eigenvalue weighted by atomic mass is 10.2. The fraction of sp³-hybridized carbons (Fsp3) is 0.250. The molecule has 1 atom stereocenters. The molecular formula is C8H11BrClNS. The maximum atomic E-state index is 5.75. The van der Waals surface area contributed by atoms with Gasteiger partial charge in [0.2, 0.25) is 0 Å². The predicted molar refractivity (Wildman–Crippen MR) is 61.1 cm³/mol. The van der Waals surface area contributed by atoms with E-state index in [1.54, 1.807) is 17.4 Å². The summed E-state index contributed by atoms with van der Waals surface area (Å²) >= 11 is 5.11. The molecule has 1 rings (SSSR count). The lowest BCUT2D eigenvalue weighted by Gasteiger charge is -1.99. The molecule has 68 valence electrons. The summed E-state index contributed by atoms with van der Waals surface area (Å²) in [6.45, 7) is 5.70. The van der Waals surface area contributed by atoms with Crippen LogP contribution >= 0.6 is 39.7 Å². The van der Waals surface area contributed by atoms with E-state index in [1.807, 2.05) is 0 Å². The molecule has 0 aromatic carbocycles. The van der Waals surface area contributed by atoms with E-state index in [0.717, 1.165) is 8.66 Å². The fourth-order valence-electron chi connectivity index (χ4n) is 0.764. The van der Waals surface area contributed by atoms with E-state index in [-0.39, 0.29) is 18.4 Å². The second-order valence-corrected chi connectivity index (χ2v) is 4.77. The molecule has 0 aliphatic rings. The monoisotopic (exact) mass is 267 g/mol. The number of hydrogen-bond acceptors (Lipinski definition) is 2. The Balaban J connectivity index is 0.00000121. The second kappa shape index (κ2) is 5.02. The third kappa shape index (κ3) is 2.59. The highest BCUT2D eigenvalue weighted by molar-refractivity contribution is 9.11. The molecule has 0 fully saturated rings. The van der Waals surface area contributed by atoms with E-state index in [9.17, 15) is 0 Å². The van der Waals surface area contributed by atoms with Crippen LogP contribution in [0.5, 0.6) is 0 Å². The highest BCUT2D eigenvalue weighted by Crippen LogP contribution is 2.30. The largest absolute Gasteiger partial charge is 0.320 e. The van der Waals surface area contributed by atoms with Crippen LogP contribution in [0.2, 0.25) is 0 Å². The molecule has 0 saturated carbocycles. The first-order valence-electron chi connectivity index (χ1n) is 3.29. The van der Waals surface area contributed by atoms with Crippen molar-refractivity contribution in [1.82, 2.24) is 0 Å². The van der Waals surface area contributed by atoms with Gasteiger partial charge < -0.3 is 5.73 Å². The maximum absolute atomic E-state index is 5.75. The van der Waals surface area contributed by atoms with Crippen molar-refractivity contribution in [3.05, 3.63) is 32.9 Å². The highest BCUT2D eigenvalue weighted by atomic mass is 79.9. The minimum absolute atomic E-state index is 0. The van der Waals surface area contributed by atoms with Crippen molar-refractivity contribution in [2.75, 3.05) is 0 Å². The van der Waals surface area contributed by atoms with Crippen LogP contribution in [0, 0.1) is 6.92 Å². The van der Waals surface area contributed by atoms with Gasteiger partial charge in [0.05, 0.1) is 9.83 Å². The molecule has 0 amide bonds. The van der Waals surface area contributed by atoms with Crippen LogP contribution in [0.1, 0.15) is 16.5 Å². The molecule has 0 unspecified atom stereocenters. The maximum Gasteiger partial charge on any atom is 0.0731 e. The average Bonchev–Trinajstić information content (AvgIpc) is 2.31. The number of halogens is 2. The van der Waals surface area contributed by atoms with Crippen LogP contribution in [-0.4, -0.2) is 0 Å². The summed E-state index contributed by atoms with van der Waals surface area (Å²) in [4.78, 5) is 1.16. The van der Waals surface area contributed by atoms with Crippen molar-refractivity contribution in [1.29, 1.82) is 0 Å². The quantitative estimate of drug-likeness (QED) is 0.817. The first-order chi connectivity index (χ1) is 5.15. The Bertz CT molecular complexity index is 253. The van der Waals surface area contributed by atoms with E-state index in [1.165, 1.54) is 5.56 Å². The Morgan fingerprint density at radius 1 is 1.75 bits per heavy atom. The zero-order chi connectivity index (χ0) is 8.43. The van der Waals surface area contributed by atoms with E-state index >= 15 is 0 Å². The SMILES string of the molecule is C=C[C@H](N)c1cc(C)c(Br)s1.Cl. The smallest absolute Gasteiger partial charge is 0.0731 e. The molecule has 1 aromatic rings. The summed E-state index contributed by atoms with van der Waals surface area (Å²) in [7, 11) is 0. The van der Waals surface area contributed by atoms with E-state index < -0.39 is 0 Å². The third-order valence-corrected chi connectivity index (χ3v) is 3.70. The van der Waals surface area contributed by atoms with Crippen LogP contribution in [0.15, 0.2) is 22.5 Å². The summed E-state index contributed by atoms with van der Waals surface area (Å²) in [5, 5.41) is 0. The number of thiophene rings is 1. The molecule has 0 aliphatic carbocycles. The molecule has 0 bridgehead atoms. The number of hydrogen-bond donors (Lipinski definition) is 1. The molecule has 0 spiro atoms.